The SMILES string of the molecule is CCOc1ccc2nc(NS(=O)(=O)c3cnn(CC)c3C)sc2c1. The predicted molar refractivity (Wildman–Crippen MR) is 94.2 cm³/mol. The van der Waals surface area contributed by atoms with Crippen LogP contribution < -0.4 is 9.46 Å². The zero-order valence-electron chi connectivity index (χ0n) is 13.6. The fourth-order valence-electron chi connectivity index (χ4n) is 2.39. The van der Waals surface area contributed by atoms with Crippen LogP contribution in [0.15, 0.2) is 29.3 Å². The van der Waals surface area contributed by atoms with E-state index < -0.39 is 10.0 Å². The second kappa shape index (κ2) is 6.40. The molecule has 0 saturated carbocycles. The van der Waals surface area contributed by atoms with Gasteiger partial charge in [-0.3, -0.25) is 9.40 Å². The van der Waals surface area contributed by atoms with Crippen molar-refractivity contribution in [2.24, 2.45) is 0 Å². The second-order valence-electron chi connectivity index (χ2n) is 5.10. The molecule has 1 aromatic carbocycles. The Bertz CT molecular complexity index is 976. The maximum atomic E-state index is 12.6. The van der Waals surface area contributed by atoms with Gasteiger partial charge in [-0.25, -0.2) is 13.4 Å². The third-order valence-electron chi connectivity index (χ3n) is 3.54. The van der Waals surface area contributed by atoms with Crippen LogP contribution in [0.1, 0.15) is 19.5 Å². The minimum atomic E-state index is -3.72. The largest absolute Gasteiger partial charge is 0.494 e. The molecule has 0 aliphatic rings. The van der Waals surface area contributed by atoms with Gasteiger partial charge in [0.25, 0.3) is 10.0 Å². The molecule has 2 aromatic heterocycles. The average molecular weight is 366 g/mol. The molecule has 0 fully saturated rings. The van der Waals surface area contributed by atoms with Gasteiger partial charge in [0.1, 0.15) is 10.6 Å². The molecule has 128 valence electrons. The Labute approximate surface area is 144 Å². The highest BCUT2D eigenvalue weighted by Crippen LogP contribution is 2.30. The summed E-state index contributed by atoms with van der Waals surface area (Å²) in [6.07, 6.45) is 1.36. The Morgan fingerprint density at radius 1 is 1.33 bits per heavy atom. The van der Waals surface area contributed by atoms with Gasteiger partial charge in [0.2, 0.25) is 0 Å². The summed E-state index contributed by atoms with van der Waals surface area (Å²) in [5.74, 6) is 0.739. The minimum absolute atomic E-state index is 0.165. The molecule has 0 unspecified atom stereocenters. The van der Waals surface area contributed by atoms with Crippen molar-refractivity contribution in [3.63, 3.8) is 0 Å². The van der Waals surface area contributed by atoms with Gasteiger partial charge in [-0.2, -0.15) is 5.10 Å². The van der Waals surface area contributed by atoms with Gasteiger partial charge in [0.05, 0.1) is 28.7 Å². The molecule has 0 aliphatic carbocycles. The van der Waals surface area contributed by atoms with E-state index in [4.69, 9.17) is 4.74 Å². The third-order valence-corrected chi connectivity index (χ3v) is 6.04. The molecule has 0 aliphatic heterocycles. The number of hydrogen-bond acceptors (Lipinski definition) is 6. The highest BCUT2D eigenvalue weighted by Gasteiger charge is 2.22. The second-order valence-corrected chi connectivity index (χ2v) is 7.78. The summed E-state index contributed by atoms with van der Waals surface area (Å²) in [5, 5.41) is 4.40. The molecule has 0 radical (unpaired) electrons. The van der Waals surface area contributed by atoms with Crippen LogP contribution in [0.4, 0.5) is 5.13 Å². The molecular weight excluding hydrogens is 348 g/mol. The fraction of sp³-hybridized carbons (Fsp3) is 0.333. The standard InChI is InChI=1S/C15H18N4O3S2/c1-4-19-10(3)14(9-16-19)24(20,21)18-15-17-12-7-6-11(22-5-2)8-13(12)23-15/h6-9H,4-5H2,1-3H3,(H,17,18). The van der Waals surface area contributed by atoms with E-state index in [1.54, 1.807) is 11.6 Å². The fourth-order valence-corrected chi connectivity index (χ4v) is 4.69. The van der Waals surface area contributed by atoms with Crippen LogP contribution in [0.2, 0.25) is 0 Å². The lowest BCUT2D eigenvalue weighted by Gasteiger charge is -2.04. The van der Waals surface area contributed by atoms with Gasteiger partial charge in [0, 0.05) is 6.54 Å². The summed E-state index contributed by atoms with van der Waals surface area (Å²) in [4.78, 5) is 4.49. The van der Waals surface area contributed by atoms with Crippen LogP contribution in [-0.2, 0) is 16.6 Å². The van der Waals surface area contributed by atoms with Gasteiger partial charge in [0.15, 0.2) is 5.13 Å². The predicted octanol–water partition coefficient (Wildman–Crippen LogP) is 3.02. The Morgan fingerprint density at radius 2 is 2.12 bits per heavy atom. The van der Waals surface area contributed by atoms with Crippen LogP contribution in [0.25, 0.3) is 10.2 Å². The summed E-state index contributed by atoms with van der Waals surface area (Å²) in [7, 11) is -3.72. The zero-order chi connectivity index (χ0) is 17.3. The zero-order valence-corrected chi connectivity index (χ0v) is 15.2. The first kappa shape index (κ1) is 16.7. The Hall–Kier alpha value is -2.13. The first-order chi connectivity index (χ1) is 11.4. The van der Waals surface area contributed by atoms with E-state index in [0.29, 0.717) is 24.0 Å². The van der Waals surface area contributed by atoms with E-state index in [1.807, 2.05) is 32.0 Å². The quantitative estimate of drug-likeness (QED) is 0.725. The number of benzene rings is 1. The molecule has 1 N–H and O–H groups in total. The van der Waals surface area contributed by atoms with Crippen molar-refractivity contribution < 1.29 is 13.2 Å². The summed E-state index contributed by atoms with van der Waals surface area (Å²) in [5.41, 5.74) is 1.33. The summed E-state index contributed by atoms with van der Waals surface area (Å²) in [6.45, 7) is 6.74. The van der Waals surface area contributed by atoms with Gasteiger partial charge >= 0.3 is 0 Å². The molecule has 3 aromatic rings. The highest BCUT2D eigenvalue weighted by molar-refractivity contribution is 7.93. The van der Waals surface area contributed by atoms with Crippen molar-refractivity contribution in [3.8, 4) is 5.75 Å². The third kappa shape index (κ3) is 3.09. The molecule has 0 bridgehead atoms. The molecule has 24 heavy (non-hydrogen) atoms. The number of nitrogens with one attached hydrogen (secondary N) is 1. The minimum Gasteiger partial charge on any atom is -0.494 e. The number of fused-ring (bicyclic) bond motifs is 1. The van der Waals surface area contributed by atoms with Crippen molar-refractivity contribution in [2.75, 3.05) is 11.3 Å². The lowest BCUT2D eigenvalue weighted by molar-refractivity contribution is 0.341. The van der Waals surface area contributed by atoms with Gasteiger partial charge in [-0.1, -0.05) is 11.3 Å². The van der Waals surface area contributed by atoms with Crippen LogP contribution in [0.3, 0.4) is 0 Å². The lowest BCUT2D eigenvalue weighted by atomic mass is 10.3. The number of nitrogens with zero attached hydrogens (tertiary/aromatic N) is 3. The number of aromatic nitrogens is 3. The summed E-state index contributed by atoms with van der Waals surface area (Å²) in [6, 6.07) is 5.49. The number of hydrogen-bond donors (Lipinski definition) is 1. The Morgan fingerprint density at radius 3 is 2.79 bits per heavy atom. The lowest BCUT2D eigenvalue weighted by Crippen LogP contribution is -2.13. The van der Waals surface area contributed by atoms with E-state index in [2.05, 4.69) is 14.8 Å². The molecule has 0 saturated heterocycles. The Balaban J connectivity index is 1.91. The molecular formula is C15H18N4O3S2. The summed E-state index contributed by atoms with van der Waals surface area (Å²) < 4.78 is 35.6. The number of thiazole rings is 1. The van der Waals surface area contributed by atoms with E-state index in [-0.39, 0.29) is 4.90 Å². The van der Waals surface area contributed by atoms with Crippen molar-refractivity contribution in [3.05, 3.63) is 30.1 Å². The van der Waals surface area contributed by atoms with Crippen molar-refractivity contribution in [1.29, 1.82) is 0 Å². The van der Waals surface area contributed by atoms with Crippen molar-refractivity contribution in [1.82, 2.24) is 14.8 Å². The number of anilines is 1. The van der Waals surface area contributed by atoms with Crippen LogP contribution in [0, 0.1) is 6.92 Å². The highest BCUT2D eigenvalue weighted by atomic mass is 32.2. The van der Waals surface area contributed by atoms with Crippen molar-refractivity contribution >= 4 is 36.7 Å². The average Bonchev–Trinajstić information content (AvgIpc) is 3.09. The van der Waals surface area contributed by atoms with Gasteiger partial charge in [-0.15, -0.1) is 0 Å². The monoisotopic (exact) mass is 366 g/mol. The Kier molecular flexibility index (Phi) is 4.46. The van der Waals surface area contributed by atoms with E-state index in [9.17, 15) is 8.42 Å². The summed E-state index contributed by atoms with van der Waals surface area (Å²) >= 11 is 1.27. The molecule has 0 amide bonds. The van der Waals surface area contributed by atoms with E-state index in [1.165, 1.54) is 17.5 Å². The van der Waals surface area contributed by atoms with E-state index >= 15 is 0 Å². The number of ether oxygens (including phenoxy) is 1. The maximum Gasteiger partial charge on any atom is 0.267 e. The van der Waals surface area contributed by atoms with E-state index in [0.717, 1.165) is 16.0 Å². The van der Waals surface area contributed by atoms with Crippen LogP contribution in [-0.4, -0.2) is 29.8 Å². The normalized spacial score (nSPS) is 11.8. The molecule has 0 spiro atoms. The van der Waals surface area contributed by atoms with Crippen LogP contribution in [0.5, 0.6) is 5.75 Å². The molecule has 3 rings (SSSR count). The smallest absolute Gasteiger partial charge is 0.267 e. The molecule has 7 nitrogen and oxygen atoms in total. The number of rotatable bonds is 6. The first-order valence-corrected chi connectivity index (χ1v) is 9.83. The van der Waals surface area contributed by atoms with Gasteiger partial charge < -0.3 is 4.74 Å². The number of aryl methyl sites for hydroxylation is 1. The molecule has 2 heterocycles. The van der Waals surface area contributed by atoms with Crippen LogP contribution >= 0.6 is 11.3 Å². The maximum absolute atomic E-state index is 12.6. The van der Waals surface area contributed by atoms with Crippen molar-refractivity contribution in [2.45, 2.75) is 32.2 Å². The van der Waals surface area contributed by atoms with Gasteiger partial charge in [-0.05, 0) is 39.0 Å². The molecule has 9 heteroatoms. The number of sulfonamides is 1. The molecule has 0 atom stereocenters. The first-order valence-electron chi connectivity index (χ1n) is 7.53. The topological polar surface area (TPSA) is 86.1 Å².